The van der Waals surface area contributed by atoms with E-state index in [1.807, 2.05) is 0 Å². The topological polar surface area (TPSA) is 70.7 Å². The number of Topliss-reactive ketones (excluding diaryl/α,β-unsaturated/α-hetero) is 1. The zero-order valence-corrected chi connectivity index (χ0v) is 7.29. The minimum Gasteiger partial charge on any atom is -0.317 e. The first-order valence-electron chi connectivity index (χ1n) is 4.48. The number of nitrogens with zero attached hydrogens (tertiary/aromatic N) is 2. The molecule has 0 unspecified atom stereocenters. The average molecular weight is 180 g/mol. The Labute approximate surface area is 75.9 Å². The van der Waals surface area contributed by atoms with Crippen molar-refractivity contribution >= 4 is 5.78 Å². The largest absolute Gasteiger partial charge is 0.317 e. The Morgan fingerprint density at radius 2 is 2.23 bits per heavy atom. The first kappa shape index (κ1) is 8.37. The highest BCUT2D eigenvalue weighted by atomic mass is 16.1. The van der Waals surface area contributed by atoms with Gasteiger partial charge in [0.2, 0.25) is 0 Å². The van der Waals surface area contributed by atoms with Gasteiger partial charge in [-0.05, 0) is 25.9 Å². The smallest absolute Gasteiger partial charge is 0.187 e. The molecule has 0 amide bonds. The number of nitrogens with one attached hydrogen (secondary N) is 2. The van der Waals surface area contributed by atoms with E-state index >= 15 is 0 Å². The summed E-state index contributed by atoms with van der Waals surface area (Å²) in [5.41, 5.74) is 0.465. The summed E-state index contributed by atoms with van der Waals surface area (Å²) >= 11 is 0. The lowest BCUT2D eigenvalue weighted by atomic mass is 9.92. The van der Waals surface area contributed by atoms with E-state index in [0.29, 0.717) is 5.69 Å². The second kappa shape index (κ2) is 3.66. The van der Waals surface area contributed by atoms with Crippen molar-refractivity contribution in [1.29, 1.82) is 0 Å². The molecule has 5 nitrogen and oxygen atoms in total. The predicted molar refractivity (Wildman–Crippen MR) is 46.3 cm³/mol. The van der Waals surface area contributed by atoms with Crippen molar-refractivity contribution in [2.24, 2.45) is 5.92 Å². The fraction of sp³-hybridized carbons (Fsp3) is 0.625. The van der Waals surface area contributed by atoms with Gasteiger partial charge in [-0.15, -0.1) is 0 Å². The number of hydrogen-bond donors (Lipinski definition) is 2. The van der Waals surface area contributed by atoms with Crippen molar-refractivity contribution in [3.05, 3.63) is 11.9 Å². The van der Waals surface area contributed by atoms with Crippen molar-refractivity contribution in [3.8, 4) is 0 Å². The van der Waals surface area contributed by atoms with Crippen molar-refractivity contribution < 1.29 is 4.79 Å². The maximum Gasteiger partial charge on any atom is 0.187 e. The quantitative estimate of drug-likeness (QED) is 0.628. The van der Waals surface area contributed by atoms with E-state index in [4.69, 9.17) is 0 Å². The molecular formula is C8H12N4O. The monoisotopic (exact) mass is 180 g/mol. The summed E-state index contributed by atoms with van der Waals surface area (Å²) in [5, 5.41) is 13.1. The number of ketones is 1. The van der Waals surface area contributed by atoms with Crippen LogP contribution in [0.2, 0.25) is 0 Å². The molecule has 1 aromatic heterocycles. The number of carbonyl (C=O) groups excluding carboxylic acids is 1. The number of H-pyrrole nitrogens is 1. The molecule has 0 bridgehead atoms. The Hall–Kier alpha value is -1.23. The SMILES string of the molecule is O=C(c1cn[nH]n1)C1CCNCC1. The van der Waals surface area contributed by atoms with E-state index in [-0.39, 0.29) is 11.7 Å². The van der Waals surface area contributed by atoms with Crippen molar-refractivity contribution in [1.82, 2.24) is 20.7 Å². The van der Waals surface area contributed by atoms with Gasteiger partial charge in [0, 0.05) is 5.92 Å². The van der Waals surface area contributed by atoms with Crippen LogP contribution in [-0.4, -0.2) is 34.3 Å². The van der Waals surface area contributed by atoms with Crippen LogP contribution in [0.1, 0.15) is 23.3 Å². The molecule has 1 aliphatic heterocycles. The number of aromatic nitrogens is 3. The van der Waals surface area contributed by atoms with Crippen LogP contribution in [0.25, 0.3) is 0 Å². The molecule has 0 spiro atoms. The highest BCUT2D eigenvalue weighted by molar-refractivity contribution is 5.95. The molecule has 0 saturated carbocycles. The molecule has 2 N–H and O–H groups in total. The van der Waals surface area contributed by atoms with E-state index in [1.54, 1.807) is 0 Å². The summed E-state index contributed by atoms with van der Waals surface area (Å²) in [4.78, 5) is 11.7. The van der Waals surface area contributed by atoms with Crippen LogP contribution >= 0.6 is 0 Å². The molecule has 0 aliphatic carbocycles. The van der Waals surface area contributed by atoms with Gasteiger partial charge in [-0.2, -0.15) is 15.4 Å². The summed E-state index contributed by atoms with van der Waals surface area (Å²) in [6.45, 7) is 1.85. The molecule has 13 heavy (non-hydrogen) atoms. The summed E-state index contributed by atoms with van der Waals surface area (Å²) in [6.07, 6.45) is 3.31. The van der Waals surface area contributed by atoms with Gasteiger partial charge in [0.15, 0.2) is 5.78 Å². The van der Waals surface area contributed by atoms with E-state index < -0.39 is 0 Å². The minimum absolute atomic E-state index is 0.121. The van der Waals surface area contributed by atoms with Gasteiger partial charge in [-0.3, -0.25) is 4.79 Å². The summed E-state index contributed by atoms with van der Waals surface area (Å²) in [5.74, 6) is 0.251. The number of carbonyl (C=O) groups is 1. The second-order valence-electron chi connectivity index (χ2n) is 3.24. The number of piperidine rings is 1. The van der Waals surface area contributed by atoms with Crippen molar-refractivity contribution in [2.45, 2.75) is 12.8 Å². The van der Waals surface area contributed by atoms with E-state index in [0.717, 1.165) is 25.9 Å². The van der Waals surface area contributed by atoms with Gasteiger partial charge in [-0.25, -0.2) is 0 Å². The highest BCUT2D eigenvalue weighted by Crippen LogP contribution is 2.15. The van der Waals surface area contributed by atoms with E-state index in [1.165, 1.54) is 6.20 Å². The summed E-state index contributed by atoms with van der Waals surface area (Å²) in [7, 11) is 0. The van der Waals surface area contributed by atoms with Crippen LogP contribution in [0.5, 0.6) is 0 Å². The minimum atomic E-state index is 0.121. The molecule has 1 aromatic rings. The fourth-order valence-corrected chi connectivity index (χ4v) is 1.61. The van der Waals surface area contributed by atoms with Gasteiger partial charge >= 0.3 is 0 Å². The first-order chi connectivity index (χ1) is 6.38. The van der Waals surface area contributed by atoms with Crippen LogP contribution in [0.4, 0.5) is 0 Å². The van der Waals surface area contributed by atoms with Gasteiger partial charge in [0.05, 0.1) is 6.20 Å². The second-order valence-corrected chi connectivity index (χ2v) is 3.24. The molecule has 1 saturated heterocycles. The normalized spacial score (nSPS) is 18.8. The predicted octanol–water partition coefficient (Wildman–Crippen LogP) is -0.0130. The lowest BCUT2D eigenvalue weighted by Crippen LogP contribution is -2.32. The lowest BCUT2D eigenvalue weighted by molar-refractivity contribution is 0.0890. The maximum atomic E-state index is 11.7. The Kier molecular flexibility index (Phi) is 2.35. The average Bonchev–Trinajstić information content (AvgIpc) is 2.71. The molecule has 0 atom stereocenters. The van der Waals surface area contributed by atoms with Gasteiger partial charge in [-0.1, -0.05) is 0 Å². The molecular weight excluding hydrogens is 168 g/mol. The highest BCUT2D eigenvalue weighted by Gasteiger charge is 2.23. The molecule has 2 rings (SSSR count). The Morgan fingerprint density at radius 1 is 1.46 bits per heavy atom. The number of hydrogen-bond acceptors (Lipinski definition) is 4. The molecule has 1 fully saturated rings. The van der Waals surface area contributed by atoms with Crippen LogP contribution in [-0.2, 0) is 0 Å². The molecule has 5 heteroatoms. The van der Waals surface area contributed by atoms with Crippen molar-refractivity contribution in [2.75, 3.05) is 13.1 Å². The van der Waals surface area contributed by atoms with E-state index in [2.05, 4.69) is 20.7 Å². The Morgan fingerprint density at radius 3 is 2.85 bits per heavy atom. The molecule has 0 radical (unpaired) electrons. The van der Waals surface area contributed by atoms with Crippen LogP contribution in [0.3, 0.4) is 0 Å². The lowest BCUT2D eigenvalue weighted by Gasteiger charge is -2.20. The standard InChI is InChI=1S/C8H12N4O/c13-8(7-5-10-12-11-7)6-1-3-9-4-2-6/h5-6,9H,1-4H2,(H,10,11,12). The zero-order valence-electron chi connectivity index (χ0n) is 7.29. The third-order valence-electron chi connectivity index (χ3n) is 2.38. The molecule has 70 valence electrons. The number of rotatable bonds is 2. The third kappa shape index (κ3) is 1.75. The van der Waals surface area contributed by atoms with Gasteiger partial charge < -0.3 is 5.32 Å². The zero-order chi connectivity index (χ0) is 9.10. The van der Waals surface area contributed by atoms with E-state index in [9.17, 15) is 4.79 Å². The number of aromatic amines is 1. The summed E-state index contributed by atoms with van der Waals surface area (Å²) in [6, 6.07) is 0. The van der Waals surface area contributed by atoms with Crippen LogP contribution in [0.15, 0.2) is 6.20 Å². The van der Waals surface area contributed by atoms with Crippen LogP contribution < -0.4 is 5.32 Å². The first-order valence-corrected chi connectivity index (χ1v) is 4.48. The van der Waals surface area contributed by atoms with Crippen LogP contribution in [0, 0.1) is 5.92 Å². The molecule has 0 aromatic carbocycles. The van der Waals surface area contributed by atoms with Gasteiger partial charge in [0.25, 0.3) is 0 Å². The molecule has 1 aliphatic rings. The molecule has 2 heterocycles. The van der Waals surface area contributed by atoms with Gasteiger partial charge in [0.1, 0.15) is 5.69 Å². The third-order valence-corrected chi connectivity index (χ3v) is 2.38. The van der Waals surface area contributed by atoms with Crippen molar-refractivity contribution in [3.63, 3.8) is 0 Å². The summed E-state index contributed by atoms with van der Waals surface area (Å²) < 4.78 is 0. The fourth-order valence-electron chi connectivity index (χ4n) is 1.61. The maximum absolute atomic E-state index is 11.7. The Bertz CT molecular complexity index is 276. The Balaban J connectivity index is 2.04.